The van der Waals surface area contributed by atoms with E-state index in [4.69, 9.17) is 4.74 Å². The van der Waals surface area contributed by atoms with Crippen LogP contribution in [-0.4, -0.2) is 66.5 Å². The van der Waals surface area contributed by atoms with Crippen LogP contribution in [0.15, 0.2) is 18.2 Å². The molecule has 1 N–H and O–H groups in total. The number of carbonyl (C=O) groups excluding carboxylic acids is 2. The van der Waals surface area contributed by atoms with E-state index >= 15 is 0 Å². The van der Waals surface area contributed by atoms with Gasteiger partial charge in [0.15, 0.2) is 0 Å². The summed E-state index contributed by atoms with van der Waals surface area (Å²) in [6, 6.07) is 6.30. The lowest BCUT2D eigenvalue weighted by molar-refractivity contribution is -0.149. The SMILES string of the molecule is CC1CN(C(=O)C2CCN(CCC(=O)Nc3ccc4c(c3)CCC4)CC2)CC(C)O1. The highest BCUT2D eigenvalue weighted by Gasteiger charge is 2.32. The Hall–Kier alpha value is -1.92. The van der Waals surface area contributed by atoms with Crippen LogP contribution < -0.4 is 5.32 Å². The summed E-state index contributed by atoms with van der Waals surface area (Å²) in [5.74, 6) is 0.465. The van der Waals surface area contributed by atoms with Gasteiger partial charge in [0.1, 0.15) is 0 Å². The van der Waals surface area contributed by atoms with Gasteiger partial charge in [-0.3, -0.25) is 9.59 Å². The molecule has 2 aliphatic heterocycles. The molecule has 2 fully saturated rings. The van der Waals surface area contributed by atoms with Gasteiger partial charge in [0.05, 0.1) is 12.2 Å². The summed E-state index contributed by atoms with van der Waals surface area (Å²) >= 11 is 0. The molecule has 6 nitrogen and oxygen atoms in total. The lowest BCUT2D eigenvalue weighted by atomic mass is 9.94. The number of morpholine rings is 1. The Balaban J connectivity index is 1.18. The summed E-state index contributed by atoms with van der Waals surface area (Å²) in [6.45, 7) is 8.00. The number of nitrogens with one attached hydrogen (secondary N) is 1. The van der Waals surface area contributed by atoms with Crippen LogP contribution in [0.3, 0.4) is 0 Å². The third-order valence-corrected chi connectivity index (χ3v) is 6.71. The van der Waals surface area contributed by atoms with Crippen LogP contribution in [0.5, 0.6) is 0 Å². The number of rotatable bonds is 5. The van der Waals surface area contributed by atoms with Crippen LogP contribution in [0.4, 0.5) is 5.69 Å². The second-order valence-electron chi connectivity index (χ2n) is 9.25. The zero-order valence-electron chi connectivity index (χ0n) is 18.4. The molecule has 2 saturated heterocycles. The van der Waals surface area contributed by atoms with Gasteiger partial charge < -0.3 is 19.9 Å². The Bertz CT molecular complexity index is 763. The van der Waals surface area contributed by atoms with Crippen molar-refractivity contribution in [1.29, 1.82) is 0 Å². The van der Waals surface area contributed by atoms with Gasteiger partial charge in [-0.2, -0.15) is 0 Å². The number of ether oxygens (including phenoxy) is 1. The maximum Gasteiger partial charge on any atom is 0.225 e. The lowest BCUT2D eigenvalue weighted by Crippen LogP contribution is -2.51. The predicted octanol–water partition coefficient (Wildman–Crippen LogP) is 2.85. The van der Waals surface area contributed by atoms with Gasteiger partial charge in [-0.25, -0.2) is 0 Å². The summed E-state index contributed by atoms with van der Waals surface area (Å²) in [5.41, 5.74) is 3.72. The molecule has 1 aromatic rings. The van der Waals surface area contributed by atoms with Crippen molar-refractivity contribution in [2.24, 2.45) is 5.92 Å². The fourth-order valence-corrected chi connectivity index (χ4v) is 5.15. The molecule has 0 radical (unpaired) electrons. The average molecular weight is 414 g/mol. The molecular formula is C24H35N3O3. The molecule has 1 aromatic carbocycles. The number of benzene rings is 1. The number of fused-ring (bicyclic) bond motifs is 1. The van der Waals surface area contributed by atoms with E-state index in [-0.39, 0.29) is 29.9 Å². The highest BCUT2D eigenvalue weighted by Crippen LogP contribution is 2.25. The van der Waals surface area contributed by atoms with E-state index in [1.165, 1.54) is 17.5 Å². The minimum absolute atomic E-state index is 0.0717. The number of aryl methyl sites for hydroxylation is 2. The molecule has 30 heavy (non-hydrogen) atoms. The fraction of sp³-hybridized carbons (Fsp3) is 0.667. The van der Waals surface area contributed by atoms with E-state index in [2.05, 4.69) is 22.3 Å². The molecule has 2 heterocycles. The molecule has 6 heteroatoms. The quantitative estimate of drug-likeness (QED) is 0.806. The van der Waals surface area contributed by atoms with Gasteiger partial charge in [-0.1, -0.05) is 6.07 Å². The molecule has 2 atom stereocenters. The Morgan fingerprint density at radius 1 is 1.07 bits per heavy atom. The first kappa shape index (κ1) is 21.3. The van der Waals surface area contributed by atoms with E-state index in [0.717, 1.165) is 51.0 Å². The van der Waals surface area contributed by atoms with E-state index < -0.39 is 0 Å². The Morgan fingerprint density at radius 2 is 1.77 bits per heavy atom. The average Bonchev–Trinajstić information content (AvgIpc) is 3.19. The highest BCUT2D eigenvalue weighted by molar-refractivity contribution is 5.91. The molecule has 0 bridgehead atoms. The van der Waals surface area contributed by atoms with E-state index in [9.17, 15) is 9.59 Å². The van der Waals surface area contributed by atoms with Gasteiger partial charge in [0.2, 0.25) is 11.8 Å². The van der Waals surface area contributed by atoms with Crippen molar-refractivity contribution < 1.29 is 14.3 Å². The molecule has 0 spiro atoms. The van der Waals surface area contributed by atoms with Gasteiger partial charge in [0, 0.05) is 37.7 Å². The highest BCUT2D eigenvalue weighted by atomic mass is 16.5. The zero-order valence-corrected chi connectivity index (χ0v) is 18.4. The Morgan fingerprint density at radius 3 is 2.50 bits per heavy atom. The summed E-state index contributed by atoms with van der Waals surface area (Å²) in [7, 11) is 0. The third-order valence-electron chi connectivity index (χ3n) is 6.71. The normalized spacial score (nSPS) is 25.2. The van der Waals surface area contributed by atoms with E-state index in [1.54, 1.807) is 0 Å². The van der Waals surface area contributed by atoms with Crippen LogP contribution in [0, 0.1) is 5.92 Å². The van der Waals surface area contributed by atoms with Crippen molar-refractivity contribution in [1.82, 2.24) is 9.80 Å². The minimum atomic E-state index is 0.0717. The summed E-state index contributed by atoms with van der Waals surface area (Å²) in [5, 5.41) is 3.05. The second-order valence-corrected chi connectivity index (χ2v) is 9.25. The number of anilines is 1. The largest absolute Gasteiger partial charge is 0.372 e. The van der Waals surface area contributed by atoms with Crippen molar-refractivity contribution in [3.05, 3.63) is 29.3 Å². The second kappa shape index (κ2) is 9.48. The van der Waals surface area contributed by atoms with Crippen molar-refractivity contribution in [2.75, 3.05) is 38.0 Å². The maximum atomic E-state index is 12.9. The first-order valence-electron chi connectivity index (χ1n) is 11.6. The van der Waals surface area contributed by atoms with Crippen molar-refractivity contribution in [3.63, 3.8) is 0 Å². The molecule has 4 rings (SSSR count). The lowest BCUT2D eigenvalue weighted by Gasteiger charge is -2.39. The molecular weight excluding hydrogens is 378 g/mol. The summed E-state index contributed by atoms with van der Waals surface area (Å²) in [6.07, 6.45) is 5.98. The molecule has 164 valence electrons. The van der Waals surface area contributed by atoms with Gasteiger partial charge in [0.25, 0.3) is 0 Å². The first-order valence-corrected chi connectivity index (χ1v) is 11.6. The van der Waals surface area contributed by atoms with Crippen LogP contribution >= 0.6 is 0 Å². The molecule has 2 unspecified atom stereocenters. The number of hydrogen-bond acceptors (Lipinski definition) is 4. The maximum absolute atomic E-state index is 12.9. The first-order chi connectivity index (χ1) is 14.5. The smallest absolute Gasteiger partial charge is 0.225 e. The topological polar surface area (TPSA) is 61.9 Å². The number of carbonyl (C=O) groups is 2. The molecule has 0 saturated carbocycles. The van der Waals surface area contributed by atoms with Crippen LogP contribution in [0.2, 0.25) is 0 Å². The monoisotopic (exact) mass is 413 g/mol. The summed E-state index contributed by atoms with van der Waals surface area (Å²) in [4.78, 5) is 29.6. The molecule has 1 aliphatic carbocycles. The summed E-state index contributed by atoms with van der Waals surface area (Å²) < 4.78 is 5.75. The van der Waals surface area contributed by atoms with Crippen LogP contribution in [0.1, 0.15) is 50.7 Å². The standard InChI is InChI=1S/C24H35N3O3/c1-17-15-27(16-18(2)30-17)24(29)20-8-11-26(12-9-20)13-10-23(28)25-22-7-6-19-4-3-5-21(19)14-22/h6-7,14,17-18,20H,3-5,8-13,15-16H2,1-2H3,(H,25,28). The van der Waals surface area contributed by atoms with Gasteiger partial charge in [-0.05, 0) is 82.3 Å². The molecule has 2 amide bonds. The Kier molecular flexibility index (Phi) is 6.74. The minimum Gasteiger partial charge on any atom is -0.372 e. The predicted molar refractivity (Wildman–Crippen MR) is 117 cm³/mol. The van der Waals surface area contributed by atoms with Gasteiger partial charge >= 0.3 is 0 Å². The number of hydrogen-bond donors (Lipinski definition) is 1. The number of piperidine rings is 1. The number of nitrogens with zero attached hydrogens (tertiary/aromatic N) is 2. The van der Waals surface area contributed by atoms with Crippen molar-refractivity contribution in [2.45, 2.75) is 64.6 Å². The van der Waals surface area contributed by atoms with Crippen molar-refractivity contribution in [3.8, 4) is 0 Å². The van der Waals surface area contributed by atoms with Gasteiger partial charge in [-0.15, -0.1) is 0 Å². The third kappa shape index (κ3) is 5.22. The van der Waals surface area contributed by atoms with E-state index in [0.29, 0.717) is 19.5 Å². The van der Waals surface area contributed by atoms with Crippen LogP contribution in [-0.2, 0) is 27.2 Å². The molecule has 3 aliphatic rings. The van der Waals surface area contributed by atoms with E-state index in [1.807, 2.05) is 24.8 Å². The molecule has 0 aromatic heterocycles. The Labute approximate surface area is 179 Å². The van der Waals surface area contributed by atoms with Crippen molar-refractivity contribution >= 4 is 17.5 Å². The fourth-order valence-electron chi connectivity index (χ4n) is 5.15. The number of likely N-dealkylation sites (tertiary alicyclic amines) is 1. The number of amides is 2. The van der Waals surface area contributed by atoms with Crippen LogP contribution in [0.25, 0.3) is 0 Å². The zero-order chi connectivity index (χ0) is 21.1.